The molecule has 3 aromatic rings. The minimum atomic E-state index is -0.599. The number of hydrogen-bond donors (Lipinski definition) is 1. The Labute approximate surface area is 156 Å². The first-order valence-electron chi connectivity index (χ1n) is 7.40. The second-order valence-corrected chi connectivity index (χ2v) is 6.40. The maximum Gasteiger partial charge on any atom is 0.316 e. The van der Waals surface area contributed by atoms with Gasteiger partial charge in [0.2, 0.25) is 0 Å². The number of esters is 1. The van der Waals surface area contributed by atoms with Gasteiger partial charge < -0.3 is 14.5 Å². The highest BCUT2D eigenvalue weighted by Gasteiger charge is 2.13. The molecule has 0 bridgehead atoms. The van der Waals surface area contributed by atoms with E-state index < -0.39 is 24.3 Å². The third-order valence-corrected chi connectivity index (χ3v) is 4.27. The monoisotopic (exact) mass is 394 g/mol. The highest BCUT2D eigenvalue weighted by atomic mass is 35.5. The molecule has 0 aliphatic carbocycles. The molecule has 1 N–H and O–H groups in total. The number of anilines is 1. The molecule has 0 aliphatic heterocycles. The Bertz CT molecular complexity index is 930. The molecule has 2 aromatic carbocycles. The zero-order chi connectivity index (χ0) is 18.5. The van der Waals surface area contributed by atoms with Gasteiger partial charge in [-0.2, -0.15) is 0 Å². The Balaban J connectivity index is 1.45. The van der Waals surface area contributed by atoms with E-state index in [1.54, 1.807) is 12.1 Å². The summed E-state index contributed by atoms with van der Waals surface area (Å²) in [6.07, 6.45) is 0. The number of oxazole rings is 1. The fourth-order valence-electron chi connectivity index (χ4n) is 2.00. The van der Waals surface area contributed by atoms with Gasteiger partial charge >= 0.3 is 5.97 Å². The second kappa shape index (κ2) is 8.20. The number of nitrogens with zero attached hydrogens (tertiary/aromatic N) is 1. The van der Waals surface area contributed by atoms with Crippen molar-refractivity contribution in [2.24, 2.45) is 0 Å². The predicted octanol–water partition coefficient (Wildman–Crippen LogP) is 3.89. The summed E-state index contributed by atoms with van der Waals surface area (Å²) in [6, 6.07) is 10.8. The van der Waals surface area contributed by atoms with Crippen LogP contribution in [0.25, 0.3) is 11.1 Å². The summed E-state index contributed by atoms with van der Waals surface area (Å²) >= 11 is 6.87. The van der Waals surface area contributed by atoms with Crippen molar-refractivity contribution in [3.05, 3.63) is 53.3 Å². The highest BCUT2D eigenvalue weighted by Crippen LogP contribution is 2.23. The van der Waals surface area contributed by atoms with E-state index in [4.69, 9.17) is 20.8 Å². The number of carbonyl (C=O) groups excluding carboxylic acids is 2. The summed E-state index contributed by atoms with van der Waals surface area (Å²) in [5.41, 5.74) is 1.55. The van der Waals surface area contributed by atoms with Crippen LogP contribution in [0.2, 0.25) is 5.02 Å². The predicted molar refractivity (Wildman–Crippen MR) is 95.7 cm³/mol. The topological polar surface area (TPSA) is 81.4 Å². The summed E-state index contributed by atoms with van der Waals surface area (Å²) in [5, 5.41) is 2.82. The summed E-state index contributed by atoms with van der Waals surface area (Å²) in [6.45, 7) is -0.485. The van der Waals surface area contributed by atoms with Crippen molar-refractivity contribution in [2.75, 3.05) is 17.7 Å². The summed E-state index contributed by atoms with van der Waals surface area (Å²) in [4.78, 5) is 27.7. The van der Waals surface area contributed by atoms with Gasteiger partial charge in [0.15, 0.2) is 12.2 Å². The van der Waals surface area contributed by atoms with E-state index in [1.807, 2.05) is 12.1 Å². The first-order valence-corrected chi connectivity index (χ1v) is 8.76. The van der Waals surface area contributed by atoms with Crippen LogP contribution in [0.15, 0.2) is 52.1 Å². The fraction of sp³-hybridized carbons (Fsp3) is 0.118. The molecule has 0 fully saturated rings. The zero-order valence-corrected chi connectivity index (χ0v) is 14.8. The number of fused-ring (bicyclic) bond motifs is 1. The number of ether oxygens (including phenoxy) is 1. The maximum absolute atomic E-state index is 12.9. The van der Waals surface area contributed by atoms with Gasteiger partial charge in [-0.1, -0.05) is 35.5 Å². The third kappa shape index (κ3) is 4.74. The number of carbonyl (C=O) groups is 2. The van der Waals surface area contributed by atoms with Crippen molar-refractivity contribution < 1.29 is 23.1 Å². The minimum absolute atomic E-state index is 0.0520. The Morgan fingerprint density at radius 1 is 1.27 bits per heavy atom. The number of hydrogen-bond acceptors (Lipinski definition) is 6. The molecule has 0 atom stereocenters. The quantitative estimate of drug-likeness (QED) is 0.504. The normalized spacial score (nSPS) is 10.7. The van der Waals surface area contributed by atoms with Gasteiger partial charge in [0, 0.05) is 0 Å². The maximum atomic E-state index is 12.9. The number of rotatable bonds is 6. The van der Waals surface area contributed by atoms with Crippen molar-refractivity contribution in [1.82, 2.24) is 4.98 Å². The van der Waals surface area contributed by atoms with Crippen LogP contribution >= 0.6 is 23.4 Å². The van der Waals surface area contributed by atoms with Gasteiger partial charge in [0.05, 0.1) is 10.7 Å². The Hall–Kier alpha value is -2.58. The first-order chi connectivity index (χ1) is 12.5. The lowest BCUT2D eigenvalue weighted by Gasteiger charge is -2.07. The minimum Gasteiger partial charge on any atom is -0.455 e. The van der Waals surface area contributed by atoms with E-state index in [2.05, 4.69) is 10.3 Å². The molecule has 0 unspecified atom stereocenters. The Morgan fingerprint density at radius 2 is 2.08 bits per heavy atom. The van der Waals surface area contributed by atoms with Crippen LogP contribution in [0.3, 0.4) is 0 Å². The number of para-hydroxylation sites is 2. The largest absolute Gasteiger partial charge is 0.455 e. The third-order valence-electron chi connectivity index (χ3n) is 3.16. The lowest BCUT2D eigenvalue weighted by Crippen LogP contribution is -2.21. The highest BCUT2D eigenvalue weighted by molar-refractivity contribution is 7.99. The van der Waals surface area contributed by atoms with Crippen molar-refractivity contribution in [3.63, 3.8) is 0 Å². The standard InChI is InChI=1S/C17H12ClFN2O4S/c18-11-7-10(19)5-6-12(11)20-15(22)8-24-16(23)9-26-17-21-13-3-1-2-4-14(13)25-17/h1-7H,8-9H2,(H,20,22). The molecule has 0 aliphatic rings. The van der Waals surface area contributed by atoms with Crippen LogP contribution in [-0.2, 0) is 14.3 Å². The molecule has 0 spiro atoms. The SMILES string of the molecule is O=C(COC(=O)CSc1nc2ccccc2o1)Nc1ccc(F)cc1Cl. The van der Waals surface area contributed by atoms with Gasteiger partial charge in [-0.05, 0) is 30.3 Å². The van der Waals surface area contributed by atoms with Gasteiger partial charge in [0.1, 0.15) is 17.1 Å². The van der Waals surface area contributed by atoms with Gasteiger partial charge in [-0.25, -0.2) is 9.37 Å². The van der Waals surface area contributed by atoms with Crippen LogP contribution in [0.1, 0.15) is 0 Å². The molecule has 26 heavy (non-hydrogen) atoms. The smallest absolute Gasteiger partial charge is 0.316 e. The van der Waals surface area contributed by atoms with E-state index in [0.717, 1.165) is 23.9 Å². The summed E-state index contributed by atoms with van der Waals surface area (Å²) in [5.74, 6) is -1.76. The van der Waals surface area contributed by atoms with Crippen molar-refractivity contribution in [3.8, 4) is 0 Å². The molecule has 3 rings (SSSR count). The number of amides is 1. The summed E-state index contributed by atoms with van der Waals surface area (Å²) in [7, 11) is 0. The van der Waals surface area contributed by atoms with Crippen molar-refractivity contribution in [1.29, 1.82) is 0 Å². The van der Waals surface area contributed by atoms with E-state index >= 15 is 0 Å². The van der Waals surface area contributed by atoms with Crippen LogP contribution in [-0.4, -0.2) is 29.2 Å². The molecule has 1 heterocycles. The lowest BCUT2D eigenvalue weighted by atomic mass is 10.3. The number of nitrogens with one attached hydrogen (secondary N) is 1. The van der Waals surface area contributed by atoms with Crippen LogP contribution < -0.4 is 5.32 Å². The van der Waals surface area contributed by atoms with E-state index in [0.29, 0.717) is 16.3 Å². The van der Waals surface area contributed by atoms with E-state index in [-0.39, 0.29) is 16.5 Å². The lowest BCUT2D eigenvalue weighted by molar-refractivity contribution is -0.144. The van der Waals surface area contributed by atoms with Gasteiger partial charge in [-0.3, -0.25) is 9.59 Å². The number of aromatic nitrogens is 1. The van der Waals surface area contributed by atoms with Crippen LogP contribution in [0.4, 0.5) is 10.1 Å². The van der Waals surface area contributed by atoms with E-state index in [1.165, 1.54) is 6.07 Å². The zero-order valence-electron chi connectivity index (χ0n) is 13.2. The van der Waals surface area contributed by atoms with Gasteiger partial charge in [0.25, 0.3) is 11.1 Å². The molecular formula is C17H12ClFN2O4S. The average molecular weight is 395 g/mol. The molecule has 1 aromatic heterocycles. The van der Waals surface area contributed by atoms with E-state index in [9.17, 15) is 14.0 Å². The van der Waals surface area contributed by atoms with Crippen LogP contribution in [0, 0.1) is 5.82 Å². The number of halogens is 2. The molecule has 134 valence electrons. The molecule has 1 amide bonds. The second-order valence-electron chi connectivity index (χ2n) is 5.07. The molecular weight excluding hydrogens is 383 g/mol. The molecule has 9 heteroatoms. The molecule has 0 radical (unpaired) electrons. The number of benzene rings is 2. The number of thioether (sulfide) groups is 1. The summed E-state index contributed by atoms with van der Waals surface area (Å²) < 4.78 is 23.3. The molecule has 6 nitrogen and oxygen atoms in total. The van der Waals surface area contributed by atoms with Gasteiger partial charge in [-0.15, -0.1) is 0 Å². The first kappa shape index (κ1) is 18.2. The van der Waals surface area contributed by atoms with Crippen LogP contribution in [0.5, 0.6) is 0 Å². The Morgan fingerprint density at radius 3 is 2.85 bits per heavy atom. The van der Waals surface area contributed by atoms with Crippen molar-refractivity contribution >= 4 is 52.0 Å². The molecule has 0 saturated carbocycles. The average Bonchev–Trinajstić information content (AvgIpc) is 3.03. The fourth-order valence-corrected chi connectivity index (χ4v) is 2.85. The molecule has 0 saturated heterocycles. The van der Waals surface area contributed by atoms with Crippen molar-refractivity contribution in [2.45, 2.75) is 5.22 Å². The Kier molecular flexibility index (Phi) is 5.75.